The zero-order valence-electron chi connectivity index (χ0n) is 15.1. The maximum atomic E-state index is 9.94. The molecule has 0 amide bonds. The Morgan fingerprint density at radius 1 is 0.720 bits per heavy atom. The maximum absolute atomic E-state index is 9.94. The van der Waals surface area contributed by atoms with Gasteiger partial charge in [-0.2, -0.15) is 0 Å². The van der Waals surface area contributed by atoms with Gasteiger partial charge in [0.1, 0.15) is 34.2 Å². The van der Waals surface area contributed by atoms with Crippen LogP contribution in [0.4, 0.5) is 0 Å². The lowest BCUT2D eigenvalue weighted by Gasteiger charge is -2.52. The molecule has 2 aromatic rings. The maximum Gasteiger partial charge on any atom is 0.127 e. The number of phenols is 2. The summed E-state index contributed by atoms with van der Waals surface area (Å²) in [4.78, 5) is 0. The third-order valence-corrected chi connectivity index (χ3v) is 5.19. The number of fused-ring (bicyclic) bond motifs is 4. The quantitative estimate of drug-likeness (QED) is 0.741. The molecule has 4 nitrogen and oxygen atoms in total. The van der Waals surface area contributed by atoms with Gasteiger partial charge < -0.3 is 19.7 Å². The summed E-state index contributed by atoms with van der Waals surface area (Å²) in [5.74, 6) is 1.83. The second-order valence-electron chi connectivity index (χ2n) is 8.52. The van der Waals surface area contributed by atoms with Crippen molar-refractivity contribution in [2.24, 2.45) is 0 Å². The Kier molecular flexibility index (Phi) is 3.12. The van der Waals surface area contributed by atoms with Gasteiger partial charge in [0, 0.05) is 41.5 Å². The SMILES string of the molecule is CC1(C)CC2(CC(C)(C)Oc3cc(O)ccc32)c2ccc(O)cc2O1. The van der Waals surface area contributed by atoms with Crippen molar-refractivity contribution in [1.29, 1.82) is 0 Å². The molecule has 2 heterocycles. The molecular weight excluding hydrogens is 316 g/mol. The van der Waals surface area contributed by atoms with E-state index in [1.165, 1.54) is 0 Å². The summed E-state index contributed by atoms with van der Waals surface area (Å²) in [5.41, 5.74) is 1.06. The van der Waals surface area contributed by atoms with Crippen LogP contribution in [0.5, 0.6) is 23.0 Å². The smallest absolute Gasteiger partial charge is 0.127 e. The van der Waals surface area contributed by atoms with Crippen LogP contribution in [0.2, 0.25) is 0 Å². The second kappa shape index (κ2) is 4.84. The average Bonchev–Trinajstić information content (AvgIpc) is 2.43. The Hall–Kier alpha value is -2.36. The van der Waals surface area contributed by atoms with Gasteiger partial charge in [-0.3, -0.25) is 0 Å². The van der Waals surface area contributed by atoms with Crippen LogP contribution in [-0.2, 0) is 5.41 Å². The van der Waals surface area contributed by atoms with Crippen LogP contribution < -0.4 is 9.47 Å². The van der Waals surface area contributed by atoms with Gasteiger partial charge >= 0.3 is 0 Å². The van der Waals surface area contributed by atoms with Crippen molar-refractivity contribution in [3.63, 3.8) is 0 Å². The highest BCUT2D eigenvalue weighted by Gasteiger charge is 2.53. The van der Waals surface area contributed by atoms with Crippen LogP contribution in [0.15, 0.2) is 36.4 Å². The first-order chi connectivity index (χ1) is 11.6. The Bertz CT molecular complexity index is 779. The molecule has 2 aromatic carbocycles. The van der Waals surface area contributed by atoms with Crippen molar-refractivity contribution < 1.29 is 19.7 Å². The van der Waals surface area contributed by atoms with Gasteiger partial charge in [0.15, 0.2) is 0 Å². The molecule has 0 saturated carbocycles. The van der Waals surface area contributed by atoms with Gasteiger partial charge in [-0.1, -0.05) is 12.1 Å². The highest BCUT2D eigenvalue weighted by molar-refractivity contribution is 5.58. The predicted octanol–water partition coefficient (Wildman–Crippen LogP) is 4.51. The number of benzene rings is 2. The van der Waals surface area contributed by atoms with E-state index < -0.39 is 0 Å². The molecule has 0 unspecified atom stereocenters. The minimum atomic E-state index is -0.386. The third-order valence-electron chi connectivity index (χ3n) is 5.19. The fourth-order valence-corrected chi connectivity index (χ4v) is 4.69. The molecule has 2 aliphatic rings. The lowest BCUT2D eigenvalue weighted by molar-refractivity contribution is 0.00138. The summed E-state index contributed by atoms with van der Waals surface area (Å²) in [6.07, 6.45) is 1.59. The average molecular weight is 340 g/mol. The van der Waals surface area contributed by atoms with Crippen molar-refractivity contribution in [3.05, 3.63) is 47.5 Å². The van der Waals surface area contributed by atoms with Crippen molar-refractivity contribution in [2.45, 2.75) is 57.2 Å². The normalized spacial score (nSPS) is 21.6. The van der Waals surface area contributed by atoms with E-state index in [0.29, 0.717) is 11.5 Å². The summed E-state index contributed by atoms with van der Waals surface area (Å²) in [7, 11) is 0. The van der Waals surface area contributed by atoms with E-state index in [1.807, 2.05) is 12.1 Å². The topological polar surface area (TPSA) is 58.9 Å². The second-order valence-corrected chi connectivity index (χ2v) is 8.52. The summed E-state index contributed by atoms with van der Waals surface area (Å²) in [5, 5.41) is 19.9. The molecule has 0 aliphatic carbocycles. The molecule has 0 fully saturated rings. The predicted molar refractivity (Wildman–Crippen MR) is 95.6 cm³/mol. The minimum Gasteiger partial charge on any atom is -0.508 e. The van der Waals surface area contributed by atoms with E-state index in [4.69, 9.17) is 9.47 Å². The van der Waals surface area contributed by atoms with Crippen LogP contribution in [0, 0.1) is 0 Å². The van der Waals surface area contributed by atoms with Crippen LogP contribution in [0.1, 0.15) is 51.7 Å². The summed E-state index contributed by atoms with van der Waals surface area (Å²) in [6.45, 7) is 8.29. The van der Waals surface area contributed by atoms with Crippen LogP contribution >= 0.6 is 0 Å². The summed E-state index contributed by atoms with van der Waals surface area (Å²) < 4.78 is 12.4. The standard InChI is InChI=1S/C21H24O4/c1-19(2)11-21(15-7-5-13(22)9-17(15)24-19)12-20(3,4)25-18-10-14(23)6-8-16(18)21/h5-10,22-23H,11-12H2,1-4H3. The zero-order valence-corrected chi connectivity index (χ0v) is 15.1. The first-order valence-corrected chi connectivity index (χ1v) is 8.65. The highest BCUT2D eigenvalue weighted by Crippen LogP contribution is 2.58. The minimum absolute atomic E-state index is 0.198. The molecular formula is C21H24O4. The van der Waals surface area contributed by atoms with Crippen LogP contribution in [0.25, 0.3) is 0 Å². The Morgan fingerprint density at radius 3 is 1.52 bits per heavy atom. The van der Waals surface area contributed by atoms with Gasteiger partial charge in [-0.05, 0) is 39.8 Å². The molecule has 0 aromatic heterocycles. The van der Waals surface area contributed by atoms with Crippen LogP contribution in [-0.4, -0.2) is 21.4 Å². The van der Waals surface area contributed by atoms with E-state index in [0.717, 1.165) is 24.0 Å². The van der Waals surface area contributed by atoms with E-state index in [2.05, 4.69) is 27.7 Å². The number of rotatable bonds is 0. The molecule has 0 radical (unpaired) electrons. The van der Waals surface area contributed by atoms with E-state index >= 15 is 0 Å². The van der Waals surface area contributed by atoms with Gasteiger partial charge in [0.25, 0.3) is 0 Å². The molecule has 0 saturated heterocycles. The zero-order chi connectivity index (χ0) is 18.0. The molecule has 132 valence electrons. The molecule has 4 rings (SSSR count). The van der Waals surface area contributed by atoms with Gasteiger partial charge in [-0.15, -0.1) is 0 Å². The Balaban J connectivity index is 2.03. The first kappa shape index (κ1) is 16.1. The monoisotopic (exact) mass is 340 g/mol. The number of hydrogen-bond donors (Lipinski definition) is 2. The third kappa shape index (κ3) is 2.51. The molecule has 2 N–H and O–H groups in total. The molecule has 2 aliphatic heterocycles. The Labute approximate surface area is 148 Å². The fourth-order valence-electron chi connectivity index (χ4n) is 4.69. The van der Waals surface area contributed by atoms with Crippen molar-refractivity contribution in [1.82, 2.24) is 0 Å². The largest absolute Gasteiger partial charge is 0.508 e. The van der Waals surface area contributed by atoms with Gasteiger partial charge in [-0.25, -0.2) is 0 Å². The van der Waals surface area contributed by atoms with Crippen molar-refractivity contribution in [2.75, 3.05) is 0 Å². The molecule has 1 spiro atoms. The summed E-state index contributed by atoms with van der Waals surface area (Å²) in [6, 6.07) is 10.7. The highest BCUT2D eigenvalue weighted by atomic mass is 16.5. The molecule has 4 heteroatoms. The molecule has 0 bridgehead atoms. The van der Waals surface area contributed by atoms with Crippen LogP contribution in [0.3, 0.4) is 0 Å². The van der Waals surface area contributed by atoms with Gasteiger partial charge in [0.2, 0.25) is 0 Å². The fraction of sp³-hybridized carbons (Fsp3) is 0.429. The number of phenolic OH excluding ortho intramolecular Hbond substituents is 2. The van der Waals surface area contributed by atoms with E-state index in [9.17, 15) is 10.2 Å². The molecule has 0 atom stereocenters. The van der Waals surface area contributed by atoms with E-state index in [1.54, 1.807) is 24.3 Å². The van der Waals surface area contributed by atoms with Crippen molar-refractivity contribution in [3.8, 4) is 23.0 Å². The number of aromatic hydroxyl groups is 2. The summed E-state index contributed by atoms with van der Waals surface area (Å²) >= 11 is 0. The first-order valence-electron chi connectivity index (χ1n) is 8.65. The van der Waals surface area contributed by atoms with Gasteiger partial charge in [0.05, 0.1) is 0 Å². The number of hydrogen-bond acceptors (Lipinski definition) is 4. The van der Waals surface area contributed by atoms with E-state index in [-0.39, 0.29) is 28.1 Å². The lowest BCUT2D eigenvalue weighted by Crippen LogP contribution is -2.51. The number of ether oxygens (including phenoxy) is 2. The molecule has 25 heavy (non-hydrogen) atoms. The lowest BCUT2D eigenvalue weighted by atomic mass is 9.61. The Morgan fingerprint density at radius 2 is 1.12 bits per heavy atom. The van der Waals surface area contributed by atoms with Crippen molar-refractivity contribution >= 4 is 0 Å².